The lowest BCUT2D eigenvalue weighted by atomic mass is 10.1. The molecule has 5 heteroatoms. The lowest BCUT2D eigenvalue weighted by Gasteiger charge is -2.21. The number of aromatic carboxylic acids is 1. The van der Waals surface area contributed by atoms with E-state index in [0.717, 1.165) is 25.9 Å². The number of carboxylic acid groups (broad SMARTS) is 1. The van der Waals surface area contributed by atoms with Crippen molar-refractivity contribution in [2.75, 3.05) is 30.3 Å². The van der Waals surface area contributed by atoms with E-state index < -0.39 is 5.97 Å². The zero-order chi connectivity index (χ0) is 13.1. The van der Waals surface area contributed by atoms with Crippen molar-refractivity contribution >= 4 is 17.3 Å². The maximum Gasteiger partial charge on any atom is 0.337 e. The van der Waals surface area contributed by atoms with E-state index in [4.69, 9.17) is 10.8 Å². The van der Waals surface area contributed by atoms with Gasteiger partial charge in [-0.05, 0) is 37.0 Å². The molecule has 0 saturated carbocycles. The van der Waals surface area contributed by atoms with Crippen LogP contribution in [0.5, 0.6) is 0 Å². The van der Waals surface area contributed by atoms with Crippen molar-refractivity contribution in [3.63, 3.8) is 0 Å². The highest BCUT2D eigenvalue weighted by molar-refractivity contribution is 5.95. The Morgan fingerprint density at radius 1 is 1.50 bits per heavy atom. The molecule has 2 rings (SSSR count). The molecule has 1 aromatic carbocycles. The minimum atomic E-state index is -0.935. The van der Waals surface area contributed by atoms with E-state index in [1.807, 2.05) is 4.90 Å². The third kappa shape index (κ3) is 2.56. The molecular weight excluding hydrogens is 232 g/mol. The standard InChI is InChI=1S/C13H18N2O3/c14-10-1-2-11(13(17)18)12(7-10)15-5-3-9(8-15)4-6-16/h1-2,7,9,16H,3-6,8,14H2,(H,17,18). The fourth-order valence-corrected chi connectivity index (χ4v) is 2.46. The molecular formula is C13H18N2O3. The molecule has 1 aromatic rings. The van der Waals surface area contributed by atoms with Crippen molar-refractivity contribution in [3.8, 4) is 0 Å². The van der Waals surface area contributed by atoms with Crippen LogP contribution in [0.15, 0.2) is 18.2 Å². The van der Waals surface area contributed by atoms with E-state index in [0.29, 0.717) is 17.3 Å². The Labute approximate surface area is 106 Å². The van der Waals surface area contributed by atoms with Gasteiger partial charge in [0.2, 0.25) is 0 Å². The van der Waals surface area contributed by atoms with Gasteiger partial charge in [0.25, 0.3) is 0 Å². The summed E-state index contributed by atoms with van der Waals surface area (Å²) in [5, 5.41) is 18.1. The lowest BCUT2D eigenvalue weighted by molar-refractivity contribution is 0.0697. The normalized spacial score (nSPS) is 19.2. The smallest absolute Gasteiger partial charge is 0.337 e. The summed E-state index contributed by atoms with van der Waals surface area (Å²) in [5.74, 6) is -0.506. The van der Waals surface area contributed by atoms with Gasteiger partial charge in [0, 0.05) is 25.4 Å². The summed E-state index contributed by atoms with van der Waals surface area (Å²) in [6.07, 6.45) is 1.75. The number of nitrogens with zero attached hydrogens (tertiary/aromatic N) is 1. The zero-order valence-corrected chi connectivity index (χ0v) is 10.2. The van der Waals surface area contributed by atoms with Crippen molar-refractivity contribution in [2.45, 2.75) is 12.8 Å². The summed E-state index contributed by atoms with van der Waals surface area (Å²) in [6, 6.07) is 4.87. The molecule has 1 fully saturated rings. The Morgan fingerprint density at radius 3 is 2.94 bits per heavy atom. The topological polar surface area (TPSA) is 86.8 Å². The molecule has 1 unspecified atom stereocenters. The second kappa shape index (κ2) is 5.27. The van der Waals surface area contributed by atoms with Crippen molar-refractivity contribution in [1.29, 1.82) is 0 Å². The number of carboxylic acids is 1. The number of carbonyl (C=O) groups is 1. The van der Waals surface area contributed by atoms with Crippen LogP contribution in [0.2, 0.25) is 0 Å². The molecule has 0 amide bonds. The van der Waals surface area contributed by atoms with E-state index in [-0.39, 0.29) is 12.2 Å². The number of nitrogen functional groups attached to an aromatic ring is 1. The molecule has 0 radical (unpaired) electrons. The van der Waals surface area contributed by atoms with Crippen molar-refractivity contribution < 1.29 is 15.0 Å². The Hall–Kier alpha value is -1.75. The second-order valence-corrected chi connectivity index (χ2v) is 4.69. The van der Waals surface area contributed by atoms with E-state index >= 15 is 0 Å². The Morgan fingerprint density at radius 2 is 2.28 bits per heavy atom. The minimum Gasteiger partial charge on any atom is -0.478 e. The summed E-state index contributed by atoms with van der Waals surface area (Å²) >= 11 is 0. The summed E-state index contributed by atoms with van der Waals surface area (Å²) in [6.45, 7) is 1.78. The third-order valence-corrected chi connectivity index (χ3v) is 3.42. The van der Waals surface area contributed by atoms with Gasteiger partial charge in [0.05, 0.1) is 11.3 Å². The number of benzene rings is 1. The molecule has 0 aliphatic carbocycles. The highest BCUT2D eigenvalue weighted by atomic mass is 16.4. The molecule has 1 aliphatic heterocycles. The van der Waals surface area contributed by atoms with Crippen LogP contribution in [0.3, 0.4) is 0 Å². The van der Waals surface area contributed by atoms with Crippen LogP contribution < -0.4 is 10.6 Å². The zero-order valence-electron chi connectivity index (χ0n) is 10.2. The molecule has 5 nitrogen and oxygen atoms in total. The average molecular weight is 250 g/mol. The van der Waals surface area contributed by atoms with Crippen molar-refractivity contribution in [2.24, 2.45) is 5.92 Å². The second-order valence-electron chi connectivity index (χ2n) is 4.69. The van der Waals surface area contributed by atoms with Crippen LogP contribution >= 0.6 is 0 Å². The van der Waals surface area contributed by atoms with Crippen LogP contribution in [0, 0.1) is 5.92 Å². The van der Waals surface area contributed by atoms with Crippen LogP contribution in [0.1, 0.15) is 23.2 Å². The number of rotatable bonds is 4. The molecule has 98 valence electrons. The number of hydrogen-bond acceptors (Lipinski definition) is 4. The monoisotopic (exact) mass is 250 g/mol. The highest BCUT2D eigenvalue weighted by Gasteiger charge is 2.25. The summed E-state index contributed by atoms with van der Waals surface area (Å²) in [5.41, 5.74) is 7.27. The SMILES string of the molecule is Nc1ccc(C(=O)O)c(N2CCC(CCO)C2)c1. The minimum absolute atomic E-state index is 0.182. The van der Waals surface area contributed by atoms with Crippen molar-refractivity contribution in [3.05, 3.63) is 23.8 Å². The van der Waals surface area contributed by atoms with E-state index in [2.05, 4.69) is 0 Å². The predicted molar refractivity (Wildman–Crippen MR) is 69.8 cm³/mol. The van der Waals surface area contributed by atoms with Gasteiger partial charge >= 0.3 is 5.97 Å². The van der Waals surface area contributed by atoms with Gasteiger partial charge in [-0.3, -0.25) is 0 Å². The molecule has 0 spiro atoms. The molecule has 0 bridgehead atoms. The number of aliphatic hydroxyl groups excluding tert-OH is 1. The molecule has 4 N–H and O–H groups in total. The van der Waals surface area contributed by atoms with Crippen LogP contribution in [-0.4, -0.2) is 35.9 Å². The quantitative estimate of drug-likeness (QED) is 0.698. The lowest BCUT2D eigenvalue weighted by Crippen LogP contribution is -2.22. The Balaban J connectivity index is 2.23. The summed E-state index contributed by atoms with van der Waals surface area (Å²) < 4.78 is 0. The van der Waals surface area contributed by atoms with Crippen LogP contribution in [-0.2, 0) is 0 Å². The van der Waals surface area contributed by atoms with E-state index in [1.165, 1.54) is 0 Å². The number of hydrogen-bond donors (Lipinski definition) is 3. The van der Waals surface area contributed by atoms with Gasteiger partial charge in [-0.2, -0.15) is 0 Å². The predicted octanol–water partition coefficient (Wildman–Crippen LogP) is 1.18. The van der Waals surface area contributed by atoms with Gasteiger partial charge in [0.15, 0.2) is 0 Å². The molecule has 1 atom stereocenters. The summed E-state index contributed by atoms with van der Waals surface area (Å²) in [4.78, 5) is 13.2. The van der Waals surface area contributed by atoms with Crippen LogP contribution in [0.25, 0.3) is 0 Å². The fraction of sp³-hybridized carbons (Fsp3) is 0.462. The third-order valence-electron chi connectivity index (χ3n) is 3.42. The Kier molecular flexibility index (Phi) is 3.72. The van der Waals surface area contributed by atoms with Gasteiger partial charge in [-0.15, -0.1) is 0 Å². The number of anilines is 2. The average Bonchev–Trinajstić information content (AvgIpc) is 2.77. The van der Waals surface area contributed by atoms with Gasteiger partial charge in [-0.25, -0.2) is 4.79 Å². The Bertz CT molecular complexity index is 448. The molecule has 18 heavy (non-hydrogen) atoms. The fourth-order valence-electron chi connectivity index (χ4n) is 2.46. The number of nitrogens with two attached hydrogens (primary N) is 1. The highest BCUT2D eigenvalue weighted by Crippen LogP contribution is 2.30. The largest absolute Gasteiger partial charge is 0.478 e. The maximum absolute atomic E-state index is 11.2. The first-order valence-electron chi connectivity index (χ1n) is 6.10. The molecule has 1 saturated heterocycles. The first-order valence-corrected chi connectivity index (χ1v) is 6.10. The van der Waals surface area contributed by atoms with Gasteiger partial charge in [-0.1, -0.05) is 0 Å². The van der Waals surface area contributed by atoms with Gasteiger partial charge < -0.3 is 20.8 Å². The molecule has 1 heterocycles. The van der Waals surface area contributed by atoms with Gasteiger partial charge in [0.1, 0.15) is 0 Å². The first kappa shape index (κ1) is 12.7. The van der Waals surface area contributed by atoms with Crippen LogP contribution in [0.4, 0.5) is 11.4 Å². The number of aliphatic hydroxyl groups is 1. The molecule has 0 aromatic heterocycles. The maximum atomic E-state index is 11.2. The van der Waals surface area contributed by atoms with E-state index in [1.54, 1.807) is 18.2 Å². The molecule has 1 aliphatic rings. The first-order chi connectivity index (χ1) is 8.61. The summed E-state index contributed by atoms with van der Waals surface area (Å²) in [7, 11) is 0. The van der Waals surface area contributed by atoms with E-state index in [9.17, 15) is 9.90 Å². The van der Waals surface area contributed by atoms with Crippen molar-refractivity contribution in [1.82, 2.24) is 0 Å².